The largest absolute Gasteiger partial charge is 0.496 e. The minimum Gasteiger partial charge on any atom is -0.496 e. The number of methoxy groups -OCH3 is 1. The van der Waals surface area contributed by atoms with Crippen molar-refractivity contribution in [2.24, 2.45) is 0 Å². The lowest BCUT2D eigenvalue weighted by atomic mass is 10.1. The molecule has 5 nitrogen and oxygen atoms in total. The molecule has 0 heterocycles. The van der Waals surface area contributed by atoms with Gasteiger partial charge >= 0.3 is 0 Å². The standard InChI is InChI=1S/C18H19ClN2O3/c1-3-10-20-17(22)13-6-4-5-7-15(13)21-18(23)14-11-12(19)8-9-16(14)24-2/h4-9,11H,3,10H2,1-2H3,(H,20,22)(H,21,23). The fraction of sp³-hybridized carbons (Fsp3) is 0.222. The van der Waals surface area contributed by atoms with Crippen molar-refractivity contribution in [3.63, 3.8) is 0 Å². The molecule has 126 valence electrons. The first kappa shape index (κ1) is 17.8. The highest BCUT2D eigenvalue weighted by Gasteiger charge is 2.16. The van der Waals surface area contributed by atoms with E-state index in [0.717, 1.165) is 6.42 Å². The van der Waals surface area contributed by atoms with Crippen LogP contribution in [0.25, 0.3) is 0 Å². The molecule has 0 radical (unpaired) electrons. The number of nitrogens with one attached hydrogen (secondary N) is 2. The molecular formula is C18H19ClN2O3. The Bertz CT molecular complexity index is 747. The second kappa shape index (κ2) is 8.36. The number of carbonyl (C=O) groups excluding carboxylic acids is 2. The molecule has 0 saturated carbocycles. The van der Waals surface area contributed by atoms with Gasteiger partial charge in [0.25, 0.3) is 11.8 Å². The first-order chi connectivity index (χ1) is 11.6. The molecule has 0 spiro atoms. The molecule has 0 aliphatic carbocycles. The fourth-order valence-electron chi connectivity index (χ4n) is 2.17. The van der Waals surface area contributed by atoms with Gasteiger partial charge in [0.1, 0.15) is 5.75 Å². The van der Waals surface area contributed by atoms with Gasteiger partial charge in [-0.25, -0.2) is 0 Å². The summed E-state index contributed by atoms with van der Waals surface area (Å²) in [6, 6.07) is 11.6. The molecule has 0 fully saturated rings. The maximum atomic E-state index is 12.6. The van der Waals surface area contributed by atoms with E-state index in [1.54, 1.807) is 36.4 Å². The predicted octanol–water partition coefficient (Wildman–Crippen LogP) is 3.74. The molecule has 0 aliphatic rings. The number of halogens is 1. The summed E-state index contributed by atoms with van der Waals surface area (Å²) in [5.41, 5.74) is 1.13. The van der Waals surface area contributed by atoms with Crippen LogP contribution in [-0.4, -0.2) is 25.5 Å². The second-order valence-electron chi connectivity index (χ2n) is 5.10. The Balaban J connectivity index is 2.27. The van der Waals surface area contributed by atoms with Gasteiger partial charge in [-0.15, -0.1) is 0 Å². The van der Waals surface area contributed by atoms with E-state index in [1.165, 1.54) is 13.2 Å². The minimum absolute atomic E-state index is 0.231. The van der Waals surface area contributed by atoms with Gasteiger partial charge in [0, 0.05) is 11.6 Å². The molecule has 0 atom stereocenters. The summed E-state index contributed by atoms with van der Waals surface area (Å²) >= 11 is 5.96. The van der Waals surface area contributed by atoms with Gasteiger partial charge in [0.05, 0.1) is 23.9 Å². The van der Waals surface area contributed by atoms with Crippen molar-refractivity contribution in [3.05, 3.63) is 58.6 Å². The van der Waals surface area contributed by atoms with Gasteiger partial charge in [-0.3, -0.25) is 9.59 Å². The van der Waals surface area contributed by atoms with E-state index in [1.807, 2.05) is 6.92 Å². The Morgan fingerprint density at radius 1 is 1.08 bits per heavy atom. The molecule has 2 aromatic carbocycles. The van der Waals surface area contributed by atoms with Gasteiger partial charge in [-0.05, 0) is 36.8 Å². The summed E-state index contributed by atoms with van der Waals surface area (Å²) in [4.78, 5) is 24.8. The SMILES string of the molecule is CCCNC(=O)c1ccccc1NC(=O)c1cc(Cl)ccc1OC. The number of para-hydroxylation sites is 1. The van der Waals surface area contributed by atoms with Crippen molar-refractivity contribution >= 4 is 29.1 Å². The normalized spacial score (nSPS) is 10.1. The topological polar surface area (TPSA) is 67.4 Å². The number of carbonyl (C=O) groups is 2. The molecular weight excluding hydrogens is 328 g/mol. The van der Waals surface area contributed by atoms with E-state index < -0.39 is 5.91 Å². The number of ether oxygens (including phenoxy) is 1. The van der Waals surface area contributed by atoms with Crippen LogP contribution in [0.5, 0.6) is 5.75 Å². The Kier molecular flexibility index (Phi) is 6.21. The zero-order valence-corrected chi connectivity index (χ0v) is 14.3. The van der Waals surface area contributed by atoms with Crippen molar-refractivity contribution in [1.82, 2.24) is 5.32 Å². The van der Waals surface area contributed by atoms with E-state index in [-0.39, 0.29) is 5.91 Å². The first-order valence-electron chi connectivity index (χ1n) is 7.59. The average molecular weight is 347 g/mol. The molecule has 0 bridgehead atoms. The monoisotopic (exact) mass is 346 g/mol. The molecule has 0 unspecified atom stereocenters. The number of hydrogen-bond donors (Lipinski definition) is 2. The van der Waals surface area contributed by atoms with Gasteiger partial charge in [-0.1, -0.05) is 30.7 Å². The Morgan fingerprint density at radius 2 is 1.83 bits per heavy atom. The third-order valence-corrected chi connectivity index (χ3v) is 3.60. The molecule has 2 rings (SSSR count). The van der Waals surface area contributed by atoms with E-state index in [2.05, 4.69) is 10.6 Å². The van der Waals surface area contributed by atoms with Crippen LogP contribution < -0.4 is 15.4 Å². The fourth-order valence-corrected chi connectivity index (χ4v) is 2.34. The lowest BCUT2D eigenvalue weighted by molar-refractivity contribution is 0.0954. The van der Waals surface area contributed by atoms with Crippen molar-refractivity contribution in [1.29, 1.82) is 0 Å². The van der Waals surface area contributed by atoms with E-state index >= 15 is 0 Å². The summed E-state index contributed by atoms with van der Waals surface area (Å²) in [5, 5.41) is 5.97. The lowest BCUT2D eigenvalue weighted by Gasteiger charge is -2.13. The maximum Gasteiger partial charge on any atom is 0.259 e. The Morgan fingerprint density at radius 3 is 2.54 bits per heavy atom. The maximum absolute atomic E-state index is 12.6. The predicted molar refractivity (Wildman–Crippen MR) is 95.0 cm³/mol. The van der Waals surface area contributed by atoms with Crippen LogP contribution >= 0.6 is 11.6 Å². The quantitative estimate of drug-likeness (QED) is 0.837. The Hall–Kier alpha value is -2.53. The summed E-state index contributed by atoms with van der Waals surface area (Å²) < 4.78 is 5.19. The number of benzene rings is 2. The first-order valence-corrected chi connectivity index (χ1v) is 7.96. The highest BCUT2D eigenvalue weighted by Crippen LogP contribution is 2.24. The van der Waals surface area contributed by atoms with Gasteiger partial charge in [0.2, 0.25) is 0 Å². The van der Waals surface area contributed by atoms with Crippen LogP contribution in [0.15, 0.2) is 42.5 Å². The van der Waals surface area contributed by atoms with Crippen molar-refractivity contribution in [2.75, 3.05) is 19.0 Å². The summed E-state index contributed by atoms with van der Waals surface area (Å²) in [7, 11) is 1.48. The van der Waals surface area contributed by atoms with Crippen LogP contribution in [0.4, 0.5) is 5.69 Å². The van der Waals surface area contributed by atoms with Crippen LogP contribution in [0.1, 0.15) is 34.1 Å². The van der Waals surface area contributed by atoms with Gasteiger partial charge in [0.15, 0.2) is 0 Å². The summed E-state index contributed by atoms with van der Waals surface area (Å²) in [5.74, 6) is -0.222. The lowest BCUT2D eigenvalue weighted by Crippen LogP contribution is -2.25. The van der Waals surface area contributed by atoms with Gasteiger partial charge < -0.3 is 15.4 Å². The molecule has 2 amide bonds. The van der Waals surface area contributed by atoms with Crippen LogP contribution in [-0.2, 0) is 0 Å². The summed E-state index contributed by atoms with van der Waals surface area (Å²) in [6.45, 7) is 2.54. The molecule has 6 heteroatoms. The van der Waals surface area contributed by atoms with E-state index in [9.17, 15) is 9.59 Å². The van der Waals surface area contributed by atoms with Gasteiger partial charge in [-0.2, -0.15) is 0 Å². The van der Waals surface area contributed by atoms with Crippen molar-refractivity contribution in [2.45, 2.75) is 13.3 Å². The van der Waals surface area contributed by atoms with Crippen molar-refractivity contribution < 1.29 is 14.3 Å². The van der Waals surface area contributed by atoms with Crippen molar-refractivity contribution in [3.8, 4) is 5.75 Å². The third-order valence-electron chi connectivity index (χ3n) is 3.36. The minimum atomic E-state index is -0.398. The molecule has 2 N–H and O–H groups in total. The molecule has 2 aromatic rings. The molecule has 0 saturated heterocycles. The number of anilines is 1. The average Bonchev–Trinajstić information content (AvgIpc) is 2.60. The number of hydrogen-bond acceptors (Lipinski definition) is 3. The third kappa shape index (κ3) is 4.26. The summed E-state index contributed by atoms with van der Waals surface area (Å²) in [6.07, 6.45) is 0.833. The van der Waals surface area contributed by atoms with E-state index in [0.29, 0.717) is 34.1 Å². The number of rotatable bonds is 6. The molecule has 0 aliphatic heterocycles. The molecule has 0 aromatic heterocycles. The van der Waals surface area contributed by atoms with E-state index in [4.69, 9.17) is 16.3 Å². The van der Waals surface area contributed by atoms with Crippen LogP contribution in [0.2, 0.25) is 5.02 Å². The van der Waals surface area contributed by atoms with Crippen LogP contribution in [0.3, 0.4) is 0 Å². The highest BCUT2D eigenvalue weighted by molar-refractivity contribution is 6.31. The number of amides is 2. The smallest absolute Gasteiger partial charge is 0.259 e. The second-order valence-corrected chi connectivity index (χ2v) is 5.54. The molecule has 24 heavy (non-hydrogen) atoms. The zero-order chi connectivity index (χ0) is 17.5. The highest BCUT2D eigenvalue weighted by atomic mass is 35.5. The zero-order valence-electron chi connectivity index (χ0n) is 13.6. The Labute approximate surface area is 146 Å². The van der Waals surface area contributed by atoms with Crippen LogP contribution in [0, 0.1) is 0 Å².